The average Bonchev–Trinajstić information content (AvgIpc) is 3.04. The first-order chi connectivity index (χ1) is 14.3. The van der Waals surface area contributed by atoms with Crippen molar-refractivity contribution in [2.75, 3.05) is 20.2 Å². The molecular weight excluding hydrogens is 475 g/mol. The van der Waals surface area contributed by atoms with Crippen LogP contribution in [0, 0.1) is 5.82 Å². The number of nitrogens with zero attached hydrogens (tertiary/aromatic N) is 1. The summed E-state index contributed by atoms with van der Waals surface area (Å²) < 4.78 is 47.7. The summed E-state index contributed by atoms with van der Waals surface area (Å²) in [7, 11) is -2.41. The summed E-state index contributed by atoms with van der Waals surface area (Å²) >= 11 is 3.27. The Morgan fingerprint density at radius 3 is 2.50 bits per heavy atom. The molecule has 1 saturated heterocycles. The van der Waals surface area contributed by atoms with Crippen molar-refractivity contribution in [3.8, 4) is 5.75 Å². The molecule has 1 fully saturated rings. The van der Waals surface area contributed by atoms with Crippen molar-refractivity contribution < 1.29 is 22.3 Å². The molecule has 0 bridgehead atoms. The Morgan fingerprint density at radius 1 is 1.13 bits per heavy atom. The second kappa shape index (κ2) is 9.89. The second-order valence-corrected chi connectivity index (χ2v) is 9.92. The van der Waals surface area contributed by atoms with E-state index in [-0.39, 0.29) is 22.8 Å². The Morgan fingerprint density at radius 2 is 1.83 bits per heavy atom. The van der Waals surface area contributed by atoms with Gasteiger partial charge in [0.1, 0.15) is 16.5 Å². The molecule has 1 aliphatic rings. The number of sulfonamides is 1. The van der Waals surface area contributed by atoms with Crippen molar-refractivity contribution in [1.82, 2.24) is 9.62 Å². The van der Waals surface area contributed by atoms with Crippen LogP contribution in [-0.4, -0.2) is 38.8 Å². The van der Waals surface area contributed by atoms with Gasteiger partial charge >= 0.3 is 0 Å². The zero-order chi connectivity index (χ0) is 21.7. The molecule has 30 heavy (non-hydrogen) atoms. The van der Waals surface area contributed by atoms with Gasteiger partial charge in [0.25, 0.3) is 5.91 Å². The Balaban J connectivity index is 1.84. The predicted molar refractivity (Wildman–Crippen MR) is 115 cm³/mol. The first-order valence-corrected chi connectivity index (χ1v) is 12.0. The first-order valence-electron chi connectivity index (χ1n) is 9.73. The summed E-state index contributed by atoms with van der Waals surface area (Å²) in [5.74, 6) is -0.740. The molecule has 162 valence electrons. The van der Waals surface area contributed by atoms with E-state index >= 15 is 0 Å². The lowest BCUT2D eigenvalue weighted by Gasteiger charge is -2.21. The molecule has 1 amide bonds. The van der Waals surface area contributed by atoms with Crippen molar-refractivity contribution in [2.24, 2.45) is 0 Å². The predicted octanol–water partition coefficient (Wildman–Crippen LogP) is 4.09. The Kier molecular flexibility index (Phi) is 7.49. The van der Waals surface area contributed by atoms with Gasteiger partial charge in [-0.1, -0.05) is 28.8 Å². The van der Waals surface area contributed by atoms with Crippen LogP contribution in [0.4, 0.5) is 4.39 Å². The maximum atomic E-state index is 13.9. The number of methoxy groups -OCH3 is 1. The van der Waals surface area contributed by atoms with E-state index in [0.29, 0.717) is 23.1 Å². The summed E-state index contributed by atoms with van der Waals surface area (Å²) in [4.78, 5) is 12.6. The van der Waals surface area contributed by atoms with E-state index < -0.39 is 21.7 Å². The fourth-order valence-electron chi connectivity index (χ4n) is 3.40. The molecule has 1 aliphatic heterocycles. The van der Waals surface area contributed by atoms with Crippen LogP contribution in [0.15, 0.2) is 45.8 Å². The molecule has 0 atom stereocenters. The lowest BCUT2D eigenvalue weighted by atomic mass is 10.1. The summed E-state index contributed by atoms with van der Waals surface area (Å²) in [6, 6.07) is 8.76. The third-order valence-electron chi connectivity index (χ3n) is 5.06. The molecule has 2 aromatic carbocycles. The van der Waals surface area contributed by atoms with Crippen molar-refractivity contribution in [1.29, 1.82) is 0 Å². The number of hydrogen-bond donors (Lipinski definition) is 1. The standard InChI is InChI=1S/C21H24BrFN2O4S/c1-29-19-9-6-15(21(26)24-14-16-12-17(22)7-8-18(16)23)13-20(19)30(27,28)25-10-4-2-3-5-11-25/h6-9,12-13H,2-5,10-11,14H2,1H3,(H,24,26). The summed E-state index contributed by atoms with van der Waals surface area (Å²) in [5, 5.41) is 2.64. The Hall–Kier alpha value is -1.97. The third-order valence-corrected chi connectivity index (χ3v) is 7.47. The molecule has 0 saturated carbocycles. The molecule has 0 unspecified atom stereocenters. The van der Waals surface area contributed by atoms with E-state index in [2.05, 4.69) is 21.2 Å². The summed E-state index contributed by atoms with van der Waals surface area (Å²) in [6.45, 7) is 0.874. The highest BCUT2D eigenvalue weighted by atomic mass is 79.9. The normalized spacial score (nSPS) is 15.4. The van der Waals surface area contributed by atoms with Gasteiger partial charge in [-0.25, -0.2) is 12.8 Å². The quantitative estimate of drug-likeness (QED) is 0.650. The molecule has 0 spiro atoms. The molecule has 0 aromatic heterocycles. The monoisotopic (exact) mass is 498 g/mol. The van der Waals surface area contributed by atoms with Crippen LogP contribution < -0.4 is 10.1 Å². The van der Waals surface area contributed by atoms with Gasteiger partial charge in [-0.3, -0.25) is 4.79 Å². The van der Waals surface area contributed by atoms with Crippen LogP contribution >= 0.6 is 15.9 Å². The van der Waals surface area contributed by atoms with Gasteiger partial charge in [-0.15, -0.1) is 0 Å². The largest absolute Gasteiger partial charge is 0.495 e. The highest BCUT2D eigenvalue weighted by molar-refractivity contribution is 9.10. The molecule has 1 heterocycles. The van der Waals surface area contributed by atoms with Gasteiger partial charge in [0.2, 0.25) is 10.0 Å². The topological polar surface area (TPSA) is 75.7 Å². The number of halogens is 2. The fourth-order valence-corrected chi connectivity index (χ4v) is 5.50. The highest BCUT2D eigenvalue weighted by Gasteiger charge is 2.29. The number of carbonyl (C=O) groups excluding carboxylic acids is 1. The lowest BCUT2D eigenvalue weighted by Crippen LogP contribution is -2.32. The third kappa shape index (κ3) is 5.19. The molecule has 9 heteroatoms. The summed E-state index contributed by atoms with van der Waals surface area (Å²) in [6.07, 6.45) is 3.61. The molecule has 6 nitrogen and oxygen atoms in total. The van der Waals surface area contributed by atoms with Crippen molar-refractivity contribution in [2.45, 2.75) is 37.1 Å². The minimum atomic E-state index is -3.80. The van der Waals surface area contributed by atoms with Crippen molar-refractivity contribution in [3.05, 3.63) is 57.8 Å². The molecule has 3 rings (SSSR count). The molecular formula is C21H24BrFN2O4S. The molecule has 2 aromatic rings. The van der Waals surface area contributed by atoms with Crippen LogP contribution in [0.25, 0.3) is 0 Å². The molecule has 0 aliphatic carbocycles. The van der Waals surface area contributed by atoms with Crippen LogP contribution in [0.5, 0.6) is 5.75 Å². The highest BCUT2D eigenvalue weighted by Crippen LogP contribution is 2.29. The fraction of sp³-hybridized carbons (Fsp3) is 0.381. The van der Waals surface area contributed by atoms with Crippen molar-refractivity contribution in [3.63, 3.8) is 0 Å². The van der Waals surface area contributed by atoms with Crippen LogP contribution in [0.1, 0.15) is 41.6 Å². The minimum Gasteiger partial charge on any atom is -0.495 e. The SMILES string of the molecule is COc1ccc(C(=O)NCc2cc(Br)ccc2F)cc1S(=O)(=O)N1CCCCCC1. The van der Waals surface area contributed by atoms with E-state index in [4.69, 9.17) is 4.74 Å². The van der Waals surface area contributed by atoms with Gasteiger partial charge in [0.15, 0.2) is 0 Å². The van der Waals surface area contributed by atoms with Gasteiger partial charge in [0, 0.05) is 35.2 Å². The lowest BCUT2D eigenvalue weighted by molar-refractivity contribution is 0.0950. The maximum Gasteiger partial charge on any atom is 0.251 e. The van der Waals surface area contributed by atoms with E-state index in [0.717, 1.165) is 25.7 Å². The Bertz CT molecular complexity index is 1020. The molecule has 0 radical (unpaired) electrons. The molecule has 1 N–H and O–H groups in total. The number of amides is 1. The number of ether oxygens (including phenoxy) is 1. The maximum absolute atomic E-state index is 13.9. The van der Waals surface area contributed by atoms with E-state index in [1.54, 1.807) is 12.1 Å². The van der Waals surface area contributed by atoms with Gasteiger partial charge < -0.3 is 10.1 Å². The number of nitrogens with one attached hydrogen (secondary N) is 1. The second-order valence-electron chi connectivity index (χ2n) is 7.10. The zero-order valence-corrected chi connectivity index (χ0v) is 19.1. The van der Waals surface area contributed by atoms with E-state index in [9.17, 15) is 17.6 Å². The number of carbonyl (C=O) groups is 1. The van der Waals surface area contributed by atoms with Crippen LogP contribution in [0.2, 0.25) is 0 Å². The minimum absolute atomic E-state index is 0.0235. The number of hydrogen-bond acceptors (Lipinski definition) is 4. The average molecular weight is 499 g/mol. The smallest absolute Gasteiger partial charge is 0.251 e. The number of benzene rings is 2. The zero-order valence-electron chi connectivity index (χ0n) is 16.7. The van der Waals surface area contributed by atoms with Crippen LogP contribution in [-0.2, 0) is 16.6 Å². The summed E-state index contributed by atoms with van der Waals surface area (Å²) in [5.41, 5.74) is 0.489. The first kappa shape index (κ1) is 22.7. The van der Waals surface area contributed by atoms with Gasteiger partial charge in [-0.2, -0.15) is 4.31 Å². The van der Waals surface area contributed by atoms with Crippen molar-refractivity contribution >= 4 is 31.9 Å². The van der Waals surface area contributed by atoms with E-state index in [1.165, 1.54) is 35.7 Å². The van der Waals surface area contributed by atoms with E-state index in [1.807, 2.05) is 0 Å². The van der Waals surface area contributed by atoms with Crippen LogP contribution in [0.3, 0.4) is 0 Å². The number of rotatable bonds is 6. The van der Waals surface area contributed by atoms with Gasteiger partial charge in [0.05, 0.1) is 7.11 Å². The Labute approximate surface area is 184 Å². The van der Waals surface area contributed by atoms with Gasteiger partial charge in [-0.05, 0) is 49.2 Å².